The molecule has 1 heterocycles. The number of nitrogens with one attached hydrogen (secondary N) is 1. The van der Waals surface area contributed by atoms with Gasteiger partial charge in [0.05, 0.1) is 32.5 Å². The van der Waals surface area contributed by atoms with Crippen LogP contribution in [0.15, 0.2) is 95.3 Å². The number of carbonyl (C=O) groups is 2. The molecule has 2 atom stereocenters. The Kier molecular flexibility index (Phi) is 10.2. The van der Waals surface area contributed by atoms with E-state index in [1.54, 1.807) is 14.2 Å². The minimum atomic E-state index is -0.612. The molecular formula is C37H41NO7. The number of allylic oxidation sites excluding steroid dienone is 3. The minimum absolute atomic E-state index is 0.0231. The van der Waals surface area contributed by atoms with Gasteiger partial charge in [-0.2, -0.15) is 0 Å². The number of rotatable bonds is 12. The highest BCUT2D eigenvalue weighted by atomic mass is 16.6. The zero-order chi connectivity index (χ0) is 31.9. The molecule has 0 aromatic heterocycles. The lowest BCUT2D eigenvalue weighted by Gasteiger charge is -2.37. The Labute approximate surface area is 265 Å². The second-order valence-electron chi connectivity index (χ2n) is 11.5. The molecule has 3 aromatic carbocycles. The Morgan fingerprint density at radius 3 is 2.40 bits per heavy atom. The van der Waals surface area contributed by atoms with Gasteiger partial charge < -0.3 is 29.0 Å². The van der Waals surface area contributed by atoms with Crippen molar-refractivity contribution in [1.29, 1.82) is 0 Å². The molecule has 1 aliphatic heterocycles. The fourth-order valence-corrected chi connectivity index (χ4v) is 6.01. The third-order valence-corrected chi connectivity index (χ3v) is 8.13. The minimum Gasteiger partial charge on any atom is -0.493 e. The molecular weight excluding hydrogens is 570 g/mol. The van der Waals surface area contributed by atoms with Crippen molar-refractivity contribution in [1.82, 2.24) is 5.32 Å². The lowest BCUT2D eigenvalue weighted by Crippen LogP contribution is -2.36. The fraction of sp³-hybridized carbons (Fsp3) is 0.351. The number of dihydropyridines is 1. The maximum absolute atomic E-state index is 14.1. The molecule has 1 N–H and O–H groups in total. The fourth-order valence-electron chi connectivity index (χ4n) is 6.01. The van der Waals surface area contributed by atoms with E-state index >= 15 is 0 Å². The van der Waals surface area contributed by atoms with Gasteiger partial charge in [-0.25, -0.2) is 4.79 Å². The number of ether oxygens (including phenoxy) is 5. The highest BCUT2D eigenvalue weighted by molar-refractivity contribution is 6.04. The van der Waals surface area contributed by atoms with Gasteiger partial charge >= 0.3 is 5.97 Å². The summed E-state index contributed by atoms with van der Waals surface area (Å²) >= 11 is 0. The summed E-state index contributed by atoms with van der Waals surface area (Å²) in [7, 11) is 3.20. The maximum Gasteiger partial charge on any atom is 0.336 e. The summed E-state index contributed by atoms with van der Waals surface area (Å²) in [5.41, 5.74) is 5.28. The SMILES string of the molecule is COc1ccc([C@H]2CC(=O)C3=C(C2)NC(C)=C(C(=O)OCCOC(C)C)[C@H]3c2cccc(OCc3ccccc3)c2)cc1OC. The average Bonchev–Trinajstić information content (AvgIpc) is 3.05. The molecule has 0 saturated heterocycles. The summed E-state index contributed by atoms with van der Waals surface area (Å²) in [6.07, 6.45) is 0.915. The summed E-state index contributed by atoms with van der Waals surface area (Å²) in [4.78, 5) is 27.8. The van der Waals surface area contributed by atoms with E-state index in [2.05, 4.69) is 5.32 Å². The molecule has 0 fully saturated rings. The molecule has 3 aromatic rings. The summed E-state index contributed by atoms with van der Waals surface area (Å²) < 4.78 is 28.4. The molecule has 0 unspecified atom stereocenters. The average molecular weight is 612 g/mol. The van der Waals surface area contributed by atoms with Crippen LogP contribution in [0.2, 0.25) is 0 Å². The molecule has 0 radical (unpaired) electrons. The van der Waals surface area contributed by atoms with Crippen molar-refractivity contribution in [2.45, 2.75) is 58.2 Å². The first kappa shape index (κ1) is 31.9. The number of methoxy groups -OCH3 is 2. The summed E-state index contributed by atoms with van der Waals surface area (Å²) in [5, 5.41) is 3.42. The van der Waals surface area contributed by atoms with Gasteiger partial charge in [0.15, 0.2) is 17.3 Å². The molecule has 8 heteroatoms. The highest BCUT2D eigenvalue weighted by Gasteiger charge is 2.41. The number of esters is 1. The van der Waals surface area contributed by atoms with Crippen molar-refractivity contribution >= 4 is 11.8 Å². The van der Waals surface area contributed by atoms with Crippen LogP contribution in [0.4, 0.5) is 0 Å². The monoisotopic (exact) mass is 611 g/mol. The molecule has 236 valence electrons. The smallest absolute Gasteiger partial charge is 0.336 e. The molecule has 2 aliphatic rings. The van der Waals surface area contributed by atoms with E-state index in [4.69, 9.17) is 23.7 Å². The molecule has 1 aliphatic carbocycles. The standard InChI is InChI=1S/C37H41NO7/c1-23(2)43-16-17-44-37(40)34-24(3)38-30-19-28(26-14-15-32(41-4)33(21-26)42-5)20-31(39)36(30)35(34)27-12-9-13-29(18-27)45-22-25-10-7-6-8-11-25/h6-15,18,21,23,28,35,38H,16-17,19-20,22H2,1-5H3/t28-,35-/m1/s1. The molecule has 0 bridgehead atoms. The lowest BCUT2D eigenvalue weighted by molar-refractivity contribution is -0.141. The quantitative estimate of drug-likeness (QED) is 0.181. The zero-order valence-corrected chi connectivity index (χ0v) is 26.6. The van der Waals surface area contributed by atoms with Gasteiger partial charge in [0.1, 0.15) is 19.0 Å². The van der Waals surface area contributed by atoms with Gasteiger partial charge in [-0.3, -0.25) is 4.79 Å². The molecule has 0 spiro atoms. The molecule has 45 heavy (non-hydrogen) atoms. The first-order valence-electron chi connectivity index (χ1n) is 15.3. The second kappa shape index (κ2) is 14.5. The van der Waals surface area contributed by atoms with Gasteiger partial charge in [0.2, 0.25) is 0 Å². The third kappa shape index (κ3) is 7.40. The number of hydrogen-bond donors (Lipinski definition) is 1. The number of Topliss-reactive ketones (excluding diaryl/α,β-unsaturated/α-hetero) is 1. The van der Waals surface area contributed by atoms with Crippen LogP contribution in [0.25, 0.3) is 0 Å². The van der Waals surface area contributed by atoms with E-state index in [-0.39, 0.29) is 31.0 Å². The van der Waals surface area contributed by atoms with Crippen LogP contribution in [0.1, 0.15) is 62.1 Å². The van der Waals surface area contributed by atoms with Gasteiger partial charge in [-0.05, 0) is 74.1 Å². The highest BCUT2D eigenvalue weighted by Crippen LogP contribution is 2.47. The van der Waals surface area contributed by atoms with Crippen LogP contribution < -0.4 is 19.5 Å². The van der Waals surface area contributed by atoms with Crippen molar-refractivity contribution in [3.8, 4) is 17.2 Å². The van der Waals surface area contributed by atoms with Crippen molar-refractivity contribution < 1.29 is 33.3 Å². The molecule has 5 rings (SSSR count). The predicted octanol–water partition coefficient (Wildman–Crippen LogP) is 6.61. The summed E-state index contributed by atoms with van der Waals surface area (Å²) in [6.45, 7) is 6.52. The largest absolute Gasteiger partial charge is 0.493 e. The van der Waals surface area contributed by atoms with E-state index < -0.39 is 11.9 Å². The van der Waals surface area contributed by atoms with Crippen LogP contribution in [0, 0.1) is 0 Å². The van der Waals surface area contributed by atoms with Gasteiger partial charge in [0.25, 0.3) is 0 Å². The van der Waals surface area contributed by atoms with Gasteiger partial charge in [0, 0.05) is 29.3 Å². The number of hydrogen-bond acceptors (Lipinski definition) is 8. The molecule has 0 saturated carbocycles. The molecule has 0 amide bonds. The van der Waals surface area contributed by atoms with Crippen molar-refractivity contribution in [2.75, 3.05) is 27.4 Å². The van der Waals surface area contributed by atoms with Crippen LogP contribution >= 0.6 is 0 Å². The first-order valence-corrected chi connectivity index (χ1v) is 15.3. The van der Waals surface area contributed by atoms with E-state index in [1.807, 2.05) is 93.6 Å². The van der Waals surface area contributed by atoms with Gasteiger partial charge in [-0.1, -0.05) is 48.5 Å². The number of benzene rings is 3. The maximum atomic E-state index is 14.1. The van der Waals surface area contributed by atoms with Crippen molar-refractivity contribution in [3.63, 3.8) is 0 Å². The topological polar surface area (TPSA) is 92.3 Å². The Balaban J connectivity index is 1.48. The first-order chi connectivity index (χ1) is 21.8. The van der Waals surface area contributed by atoms with Crippen LogP contribution in [0.5, 0.6) is 17.2 Å². The van der Waals surface area contributed by atoms with Crippen LogP contribution in [-0.2, 0) is 25.7 Å². The Morgan fingerprint density at radius 2 is 1.67 bits per heavy atom. The second-order valence-corrected chi connectivity index (χ2v) is 11.5. The Morgan fingerprint density at radius 1 is 0.889 bits per heavy atom. The van der Waals surface area contributed by atoms with E-state index in [0.717, 1.165) is 22.4 Å². The van der Waals surface area contributed by atoms with E-state index in [0.29, 0.717) is 53.5 Å². The third-order valence-electron chi connectivity index (χ3n) is 8.13. The predicted molar refractivity (Wildman–Crippen MR) is 171 cm³/mol. The van der Waals surface area contributed by atoms with Crippen molar-refractivity contribution in [3.05, 3.63) is 112 Å². The van der Waals surface area contributed by atoms with E-state index in [9.17, 15) is 9.59 Å². The molecule has 8 nitrogen and oxygen atoms in total. The Hall–Kier alpha value is -4.56. The van der Waals surface area contributed by atoms with E-state index in [1.165, 1.54) is 0 Å². The van der Waals surface area contributed by atoms with Gasteiger partial charge in [-0.15, -0.1) is 0 Å². The van der Waals surface area contributed by atoms with Crippen LogP contribution in [-0.4, -0.2) is 45.3 Å². The summed E-state index contributed by atoms with van der Waals surface area (Å²) in [5.74, 6) is 0.720. The normalized spacial score (nSPS) is 18.0. The Bertz CT molecular complexity index is 1590. The number of ketones is 1. The lowest BCUT2D eigenvalue weighted by atomic mass is 9.71. The zero-order valence-electron chi connectivity index (χ0n) is 26.6. The van der Waals surface area contributed by atoms with Crippen molar-refractivity contribution in [2.24, 2.45) is 0 Å². The summed E-state index contributed by atoms with van der Waals surface area (Å²) in [6, 6.07) is 23.3. The number of carbonyl (C=O) groups excluding carboxylic acids is 2. The van der Waals surface area contributed by atoms with Crippen LogP contribution in [0.3, 0.4) is 0 Å².